The van der Waals surface area contributed by atoms with Crippen molar-refractivity contribution in [2.45, 2.75) is 267 Å². The molecular formula is C71H131N13O13S. The molecule has 1 heterocycles. The number of thioether (sulfide) groups is 1. The summed E-state index contributed by atoms with van der Waals surface area (Å²) in [6.45, 7) is 37.2. The molecule has 0 radical (unpaired) electrons. The number of carbonyl (C=O) groups excluding carboxylic acids is 11. The van der Waals surface area contributed by atoms with Crippen LogP contribution in [-0.2, 0) is 57.5 Å². The maximum atomic E-state index is 15.7. The smallest absolute Gasteiger partial charge is 0.263 e. The summed E-state index contributed by atoms with van der Waals surface area (Å²) in [6, 6.07) is -11.2. The van der Waals surface area contributed by atoms with Crippen LogP contribution in [0.5, 0.6) is 0 Å². The monoisotopic (exact) mass is 1410 g/mol. The van der Waals surface area contributed by atoms with Crippen molar-refractivity contribution >= 4 is 76.7 Å². The number of ether oxygens (including phenoxy) is 1. The number of nitrogens with zero attached hydrogens (tertiary/aromatic N) is 8. The van der Waals surface area contributed by atoms with Crippen molar-refractivity contribution in [3.05, 3.63) is 12.2 Å². The summed E-state index contributed by atoms with van der Waals surface area (Å²) in [5.41, 5.74) is -1.16. The lowest BCUT2D eigenvalue weighted by molar-refractivity contribution is -0.166. The summed E-state index contributed by atoms with van der Waals surface area (Å²) >= 11 is 1.16. The van der Waals surface area contributed by atoms with Gasteiger partial charge >= 0.3 is 0 Å². The highest BCUT2D eigenvalue weighted by atomic mass is 32.2. The minimum atomic E-state index is -2.32. The lowest BCUT2D eigenvalue weighted by Gasteiger charge is -2.45. The summed E-state index contributed by atoms with van der Waals surface area (Å²) in [7, 11) is 11.5. The number of hydroxylamine groups is 1. The van der Waals surface area contributed by atoms with Gasteiger partial charge < -0.3 is 70.4 Å². The van der Waals surface area contributed by atoms with Crippen molar-refractivity contribution in [3.8, 4) is 0 Å². The molecule has 564 valence electrons. The molecule has 0 unspecified atom stereocenters. The van der Waals surface area contributed by atoms with E-state index in [1.165, 1.54) is 99.7 Å². The van der Waals surface area contributed by atoms with Gasteiger partial charge in [0.15, 0.2) is 11.0 Å². The fourth-order valence-electron chi connectivity index (χ4n) is 12.4. The maximum absolute atomic E-state index is 15.7. The van der Waals surface area contributed by atoms with E-state index in [4.69, 9.17) is 4.74 Å². The summed E-state index contributed by atoms with van der Waals surface area (Å²) in [4.78, 5) is 177. The van der Waals surface area contributed by atoms with E-state index in [1.807, 2.05) is 95.2 Å². The van der Waals surface area contributed by atoms with Crippen molar-refractivity contribution in [1.82, 2.24) is 65.9 Å². The van der Waals surface area contributed by atoms with Crippen molar-refractivity contribution in [3.63, 3.8) is 0 Å². The molecule has 0 spiro atoms. The SMILES string of the molecule is C/C=C/C[C@@H](C)C[C@@]1(NO)C(=O)N[C@H](CCC)C(=O)N(C)[C@H](SCCN(CC)C(C)C)C(=O)N(C)[C@@H](CC(C)(C)OC)C(=O)N[C@H](C(C)C)C(=O)N(C)[C@H](CC(C)C)C(=O)N[C@H](C)C(=O)N[C@@H](C)C(=O)N(C)[C@@H](CC(C)C)C(=O)N(C)[C@H](CC(C)C)C(=O)N(C)[C@H](C(C)C)C(=O)N1C. The van der Waals surface area contributed by atoms with Crippen LogP contribution in [0.15, 0.2) is 12.2 Å². The third-order valence-electron chi connectivity index (χ3n) is 18.9. The standard InChI is InChI=1S/C71H131N13O13S/c1-29-32-34-48(16)40-71(76-96)69(95)74-51(33-30-2)62(89)82(26)68(98-36-35-84(31-3)47(14)15)67(94)80(24)55(41-70(19,20)97-28)60(87)75-56(45(10)11)65(92)77(21)52(37-42(4)5)59(86)72-49(17)58(85)73-50(18)61(88)78(22)53(38-43(6)7)63(90)79(23)54(39-44(8)9)64(91)81(25)57(46(12)13)66(93)83(71)27/h29,32,42-57,68,76,96H,30-31,33-41H2,1-28H3,(H,72,86)(H,73,85)(H,74,95)(H,75,87)/b32-29+/t48-,49-,50+,51-,52-,53+,54-,55+,56-,57-,68-,71+/m1/s1. The van der Waals surface area contributed by atoms with Gasteiger partial charge in [-0.1, -0.05) is 109 Å². The lowest BCUT2D eigenvalue weighted by Crippen LogP contribution is -2.71. The summed E-state index contributed by atoms with van der Waals surface area (Å²) in [5, 5.41) is 21.5. The molecule has 11 amide bonds. The van der Waals surface area contributed by atoms with Gasteiger partial charge in [0.1, 0.15) is 54.4 Å². The highest BCUT2D eigenvalue weighted by Gasteiger charge is 2.51. The molecule has 12 atom stereocenters. The Morgan fingerprint density at radius 1 is 0.592 bits per heavy atom. The zero-order valence-corrected chi connectivity index (χ0v) is 65.9. The van der Waals surface area contributed by atoms with Crippen LogP contribution in [0.1, 0.15) is 190 Å². The van der Waals surface area contributed by atoms with Crippen LogP contribution in [-0.4, -0.2) is 262 Å². The van der Waals surface area contributed by atoms with Gasteiger partial charge in [-0.05, 0) is 129 Å². The highest BCUT2D eigenvalue weighted by Crippen LogP contribution is 2.31. The second kappa shape index (κ2) is 41.1. The van der Waals surface area contributed by atoms with Crippen LogP contribution >= 0.6 is 11.8 Å². The Bertz CT molecular complexity index is 2680. The normalized spacial score (nSPS) is 26.4. The summed E-state index contributed by atoms with van der Waals surface area (Å²) < 4.78 is 5.87. The molecular weight excluding hydrogens is 1270 g/mol. The van der Waals surface area contributed by atoms with Gasteiger partial charge in [-0.3, -0.25) is 52.7 Å². The number of hydrogen-bond donors (Lipinski definition) is 6. The third kappa shape index (κ3) is 25.0. The number of allylic oxidation sites excluding steroid dienone is 2. The zero-order chi connectivity index (χ0) is 75.9. The number of nitrogens with one attached hydrogen (secondary N) is 5. The van der Waals surface area contributed by atoms with Crippen molar-refractivity contribution in [1.29, 1.82) is 0 Å². The van der Waals surface area contributed by atoms with Gasteiger partial charge in [-0.25, -0.2) is 0 Å². The molecule has 6 N–H and O–H groups in total. The zero-order valence-electron chi connectivity index (χ0n) is 65.1. The molecule has 1 rings (SSSR count). The van der Waals surface area contributed by atoms with Gasteiger partial charge in [0, 0.05) is 81.2 Å². The van der Waals surface area contributed by atoms with Crippen molar-refractivity contribution in [2.75, 3.05) is 75.3 Å². The van der Waals surface area contributed by atoms with Crippen LogP contribution in [0.4, 0.5) is 0 Å². The van der Waals surface area contributed by atoms with E-state index in [-0.39, 0.29) is 62.3 Å². The number of methoxy groups -OCH3 is 1. The number of hydrogen-bond acceptors (Lipinski definition) is 16. The number of carbonyl (C=O) groups is 11. The molecule has 0 aromatic heterocycles. The minimum Gasteiger partial charge on any atom is -0.379 e. The molecule has 0 bridgehead atoms. The quantitative estimate of drug-likeness (QED) is 0.0510. The van der Waals surface area contributed by atoms with E-state index in [2.05, 4.69) is 31.6 Å². The molecule has 1 aliphatic rings. The van der Waals surface area contributed by atoms with E-state index in [9.17, 15) is 19.6 Å². The highest BCUT2D eigenvalue weighted by molar-refractivity contribution is 8.00. The lowest BCUT2D eigenvalue weighted by atomic mass is 9.89. The van der Waals surface area contributed by atoms with Gasteiger partial charge in [0.2, 0.25) is 53.2 Å². The third-order valence-corrected chi connectivity index (χ3v) is 20.1. The molecule has 98 heavy (non-hydrogen) atoms. The van der Waals surface area contributed by atoms with Crippen LogP contribution in [0.3, 0.4) is 0 Å². The Balaban J connectivity index is 4.74. The first-order chi connectivity index (χ1) is 45.3. The predicted molar refractivity (Wildman–Crippen MR) is 386 cm³/mol. The minimum absolute atomic E-state index is 0.0246. The summed E-state index contributed by atoms with van der Waals surface area (Å²) in [6.07, 6.45) is 4.54. The van der Waals surface area contributed by atoms with Crippen LogP contribution < -0.4 is 26.7 Å². The second-order valence-corrected chi connectivity index (χ2v) is 31.1. The average Bonchev–Trinajstić information content (AvgIpc) is 0.778. The van der Waals surface area contributed by atoms with Crippen LogP contribution in [0.2, 0.25) is 0 Å². The molecule has 26 nitrogen and oxygen atoms in total. The van der Waals surface area contributed by atoms with Gasteiger partial charge in [-0.2, -0.15) is 5.48 Å². The fraction of sp³-hybridized carbons (Fsp3) is 0.817. The largest absolute Gasteiger partial charge is 0.379 e. The molecule has 0 aromatic rings. The molecule has 1 fully saturated rings. The molecule has 1 aliphatic heterocycles. The number of amides is 11. The first-order valence-corrected chi connectivity index (χ1v) is 36.4. The van der Waals surface area contributed by atoms with Gasteiger partial charge in [0.25, 0.3) is 11.8 Å². The fourth-order valence-corrected chi connectivity index (χ4v) is 13.6. The topological polar surface area (TPSA) is 303 Å². The molecule has 1 saturated heterocycles. The molecule has 27 heteroatoms. The van der Waals surface area contributed by atoms with E-state index in [0.717, 1.165) is 16.7 Å². The Kier molecular flexibility index (Phi) is 37.8. The Morgan fingerprint density at radius 3 is 1.53 bits per heavy atom. The molecule has 0 saturated carbocycles. The Morgan fingerprint density at radius 2 is 1.07 bits per heavy atom. The van der Waals surface area contributed by atoms with Gasteiger partial charge in [0.05, 0.1) is 5.60 Å². The number of rotatable bonds is 24. The van der Waals surface area contributed by atoms with Gasteiger partial charge in [-0.15, -0.1) is 11.8 Å². The van der Waals surface area contributed by atoms with E-state index < -0.39 is 154 Å². The first-order valence-electron chi connectivity index (χ1n) is 35.4. The van der Waals surface area contributed by atoms with E-state index >= 15 is 38.4 Å². The van der Waals surface area contributed by atoms with Crippen LogP contribution in [0, 0.1) is 35.5 Å². The Labute approximate surface area is 592 Å². The van der Waals surface area contributed by atoms with Crippen molar-refractivity contribution in [2.24, 2.45) is 35.5 Å². The Hall–Kier alpha value is -5.90. The van der Waals surface area contributed by atoms with Crippen LogP contribution in [0.25, 0.3) is 0 Å². The molecule has 0 aliphatic carbocycles. The number of likely N-dealkylation sites (N-methyl/N-ethyl adjacent to an activating group) is 7. The predicted octanol–water partition coefficient (Wildman–Crippen LogP) is 5.55. The van der Waals surface area contributed by atoms with E-state index in [1.54, 1.807) is 41.5 Å². The maximum Gasteiger partial charge on any atom is 0.263 e. The first kappa shape index (κ1) is 90.1. The summed E-state index contributed by atoms with van der Waals surface area (Å²) in [5.74, 6) is -9.67. The average molecular weight is 1410 g/mol. The molecule has 0 aromatic carbocycles. The van der Waals surface area contributed by atoms with Crippen molar-refractivity contribution < 1.29 is 62.7 Å². The second-order valence-electron chi connectivity index (χ2n) is 29.9. The van der Waals surface area contributed by atoms with E-state index in [0.29, 0.717) is 31.7 Å².